The minimum atomic E-state index is -0.297. The molecule has 6 heteroatoms. The topological polar surface area (TPSA) is 87.4 Å². The van der Waals surface area contributed by atoms with E-state index >= 15 is 0 Å². The first-order valence-corrected chi connectivity index (χ1v) is 8.15. The maximum atomic E-state index is 11.9. The lowest BCUT2D eigenvalue weighted by atomic mass is 10.1. The lowest BCUT2D eigenvalue weighted by Gasteiger charge is -2.19. The summed E-state index contributed by atoms with van der Waals surface area (Å²) in [5.74, 6) is 1.70. The van der Waals surface area contributed by atoms with Crippen molar-refractivity contribution in [2.45, 2.75) is 39.7 Å². The van der Waals surface area contributed by atoms with Gasteiger partial charge in [-0.05, 0) is 37.1 Å². The van der Waals surface area contributed by atoms with Crippen molar-refractivity contribution in [3.8, 4) is 11.5 Å². The molecule has 0 spiro atoms. The number of carbonyl (C=O) groups excluding carboxylic acids is 1. The van der Waals surface area contributed by atoms with Crippen LogP contribution >= 0.6 is 0 Å². The van der Waals surface area contributed by atoms with Crippen molar-refractivity contribution in [1.29, 1.82) is 0 Å². The Morgan fingerprint density at radius 3 is 2.42 bits per heavy atom. The molecule has 0 radical (unpaired) electrons. The fraction of sp³-hybridized carbons (Fsp3) is 0.444. The number of rotatable bonds is 6. The summed E-state index contributed by atoms with van der Waals surface area (Å²) >= 11 is 0. The monoisotopic (exact) mass is 331 g/mol. The number of hydrogen-bond acceptors (Lipinski definition) is 4. The molecule has 2 aromatic rings. The Morgan fingerprint density at radius 1 is 1.21 bits per heavy atom. The van der Waals surface area contributed by atoms with Crippen LogP contribution in [0.15, 0.2) is 34.9 Å². The quantitative estimate of drug-likeness (QED) is 0.754. The van der Waals surface area contributed by atoms with Gasteiger partial charge in [0.05, 0.1) is 6.20 Å². The summed E-state index contributed by atoms with van der Waals surface area (Å²) in [6.07, 6.45) is 1.74. The van der Waals surface area contributed by atoms with E-state index in [1.54, 1.807) is 18.3 Å². The average Bonchev–Trinajstić information content (AvgIpc) is 3.04. The third-order valence-electron chi connectivity index (χ3n) is 3.98. The Labute approximate surface area is 142 Å². The summed E-state index contributed by atoms with van der Waals surface area (Å²) in [6.45, 7) is 7.87. The highest BCUT2D eigenvalue weighted by molar-refractivity contribution is 5.89. The molecule has 1 aromatic heterocycles. The molecule has 0 aliphatic rings. The first-order valence-electron chi connectivity index (χ1n) is 8.15. The van der Waals surface area contributed by atoms with E-state index in [-0.39, 0.29) is 24.6 Å². The molecule has 2 amide bonds. The number of urea groups is 1. The maximum absolute atomic E-state index is 11.9. The smallest absolute Gasteiger partial charge is 0.319 e. The van der Waals surface area contributed by atoms with Gasteiger partial charge < -0.3 is 20.2 Å². The molecule has 6 nitrogen and oxygen atoms in total. The predicted molar refractivity (Wildman–Crippen MR) is 93.9 cm³/mol. The second-order valence-electron chi connectivity index (χ2n) is 6.35. The molecule has 0 bridgehead atoms. The van der Waals surface area contributed by atoms with Crippen LogP contribution < -0.4 is 10.6 Å². The van der Waals surface area contributed by atoms with Gasteiger partial charge in [0.1, 0.15) is 5.76 Å². The molecule has 0 saturated heterocycles. The average molecular weight is 331 g/mol. The van der Waals surface area contributed by atoms with Crippen molar-refractivity contribution in [2.24, 2.45) is 5.92 Å². The molecule has 24 heavy (non-hydrogen) atoms. The maximum Gasteiger partial charge on any atom is 0.319 e. The van der Waals surface area contributed by atoms with Crippen LogP contribution in [-0.2, 0) is 0 Å². The van der Waals surface area contributed by atoms with Crippen LogP contribution in [0.1, 0.15) is 39.4 Å². The van der Waals surface area contributed by atoms with E-state index in [1.165, 1.54) is 0 Å². The first-order chi connectivity index (χ1) is 11.4. The van der Waals surface area contributed by atoms with Crippen molar-refractivity contribution in [2.75, 3.05) is 11.9 Å². The third-order valence-corrected chi connectivity index (χ3v) is 3.98. The minimum Gasteiger partial charge on any atom is -0.441 e. The molecule has 1 heterocycles. The molecule has 0 unspecified atom stereocenters. The number of carbonyl (C=O) groups is 1. The van der Waals surface area contributed by atoms with Gasteiger partial charge in [-0.15, -0.1) is 0 Å². The van der Waals surface area contributed by atoms with E-state index in [9.17, 15) is 4.79 Å². The van der Waals surface area contributed by atoms with E-state index in [1.807, 2.05) is 26.0 Å². The zero-order valence-electron chi connectivity index (χ0n) is 14.5. The van der Waals surface area contributed by atoms with Crippen LogP contribution in [0.3, 0.4) is 0 Å². The molecule has 130 valence electrons. The summed E-state index contributed by atoms with van der Waals surface area (Å²) in [5.41, 5.74) is 1.53. The summed E-state index contributed by atoms with van der Waals surface area (Å²) in [5, 5.41) is 14.7. The number of nitrogens with one attached hydrogen (secondary N) is 2. The summed E-state index contributed by atoms with van der Waals surface area (Å²) in [4.78, 5) is 16.2. The second kappa shape index (κ2) is 7.97. The summed E-state index contributed by atoms with van der Waals surface area (Å²) in [6, 6.07) is 6.89. The summed E-state index contributed by atoms with van der Waals surface area (Å²) < 4.78 is 5.71. The van der Waals surface area contributed by atoms with Crippen molar-refractivity contribution < 1.29 is 14.3 Å². The van der Waals surface area contributed by atoms with E-state index in [4.69, 9.17) is 9.52 Å². The minimum absolute atomic E-state index is 0.00157. The number of anilines is 1. The number of amides is 2. The van der Waals surface area contributed by atoms with Crippen LogP contribution in [0.4, 0.5) is 10.5 Å². The lowest BCUT2D eigenvalue weighted by Crippen LogP contribution is -2.40. The van der Waals surface area contributed by atoms with Gasteiger partial charge in [0.2, 0.25) is 5.89 Å². The number of aliphatic hydroxyl groups excluding tert-OH is 1. The Balaban J connectivity index is 1.97. The Bertz CT molecular complexity index is 664. The molecule has 3 N–H and O–H groups in total. The number of hydrogen-bond donors (Lipinski definition) is 3. The zero-order valence-corrected chi connectivity index (χ0v) is 14.5. The number of benzene rings is 1. The fourth-order valence-electron chi connectivity index (χ4n) is 2.06. The Morgan fingerprint density at radius 2 is 1.88 bits per heavy atom. The highest BCUT2D eigenvalue weighted by Crippen LogP contribution is 2.24. The number of nitrogens with zero attached hydrogens (tertiary/aromatic N) is 1. The highest BCUT2D eigenvalue weighted by Gasteiger charge is 2.14. The Hall–Kier alpha value is -2.34. The van der Waals surface area contributed by atoms with Gasteiger partial charge in [0.25, 0.3) is 0 Å². The van der Waals surface area contributed by atoms with Crippen molar-refractivity contribution >= 4 is 11.7 Å². The Kier molecular flexibility index (Phi) is 5.98. The summed E-state index contributed by atoms with van der Waals surface area (Å²) in [7, 11) is 0. The van der Waals surface area contributed by atoms with Crippen LogP contribution in [0.25, 0.3) is 11.5 Å². The van der Waals surface area contributed by atoms with Gasteiger partial charge in [-0.2, -0.15) is 0 Å². The third kappa shape index (κ3) is 4.58. The van der Waals surface area contributed by atoms with Crippen molar-refractivity contribution in [3.63, 3.8) is 0 Å². The second-order valence-corrected chi connectivity index (χ2v) is 6.35. The van der Waals surface area contributed by atoms with E-state index in [0.29, 0.717) is 17.5 Å². The number of oxazole rings is 1. The van der Waals surface area contributed by atoms with Gasteiger partial charge in [-0.1, -0.05) is 20.8 Å². The largest absolute Gasteiger partial charge is 0.441 e. The van der Waals surface area contributed by atoms with Crippen LogP contribution in [-0.4, -0.2) is 28.8 Å². The van der Waals surface area contributed by atoms with Crippen LogP contribution in [0.5, 0.6) is 0 Å². The van der Waals surface area contributed by atoms with Gasteiger partial charge in [0, 0.05) is 29.8 Å². The van der Waals surface area contributed by atoms with Gasteiger partial charge in [-0.25, -0.2) is 9.78 Å². The molecule has 2 rings (SSSR count). The molecule has 1 aromatic carbocycles. The van der Waals surface area contributed by atoms with E-state index in [2.05, 4.69) is 29.5 Å². The molecular formula is C18H25N3O3. The van der Waals surface area contributed by atoms with Crippen molar-refractivity contribution in [3.05, 3.63) is 36.2 Å². The van der Waals surface area contributed by atoms with Gasteiger partial charge >= 0.3 is 6.03 Å². The highest BCUT2D eigenvalue weighted by atomic mass is 16.4. The molecular weight excluding hydrogens is 306 g/mol. The molecule has 0 saturated carbocycles. The first kappa shape index (κ1) is 18.0. The SMILES string of the molecule is CC(C)c1cnc(-c2ccc(NC(=O)N[C@H](C)[C@H](C)CO)cc2)o1. The van der Waals surface area contributed by atoms with E-state index < -0.39 is 0 Å². The van der Waals surface area contributed by atoms with Gasteiger partial charge in [0.15, 0.2) is 0 Å². The van der Waals surface area contributed by atoms with Gasteiger partial charge in [-0.3, -0.25) is 0 Å². The number of aliphatic hydroxyl groups is 1. The molecule has 0 fully saturated rings. The molecule has 0 aliphatic heterocycles. The van der Waals surface area contributed by atoms with Crippen molar-refractivity contribution in [1.82, 2.24) is 10.3 Å². The normalized spacial score (nSPS) is 13.6. The lowest BCUT2D eigenvalue weighted by molar-refractivity contribution is 0.204. The number of aromatic nitrogens is 1. The molecule has 0 aliphatic carbocycles. The van der Waals surface area contributed by atoms with Crippen LogP contribution in [0, 0.1) is 5.92 Å². The zero-order chi connectivity index (χ0) is 17.7. The standard InChI is InChI=1S/C18H25N3O3/c1-11(2)16-9-19-17(24-16)14-5-7-15(8-6-14)21-18(23)20-13(4)12(3)10-22/h5-9,11-13,22H,10H2,1-4H3,(H2,20,21,23)/t12-,13-/m1/s1. The molecule has 2 atom stereocenters. The predicted octanol–water partition coefficient (Wildman–Crippen LogP) is 3.60. The fourth-order valence-corrected chi connectivity index (χ4v) is 2.06. The van der Waals surface area contributed by atoms with E-state index in [0.717, 1.165) is 11.3 Å². The van der Waals surface area contributed by atoms with Crippen LogP contribution in [0.2, 0.25) is 0 Å².